The lowest BCUT2D eigenvalue weighted by molar-refractivity contribution is 0.0940. The zero-order chi connectivity index (χ0) is 16.8. The van der Waals surface area contributed by atoms with Gasteiger partial charge in [-0.05, 0) is 56.1 Å². The Hall–Kier alpha value is -2.13. The summed E-state index contributed by atoms with van der Waals surface area (Å²) in [5.41, 5.74) is 3.12. The lowest BCUT2D eigenvalue weighted by atomic mass is 10.1. The molecule has 3 heteroatoms. The van der Waals surface area contributed by atoms with E-state index in [0.29, 0.717) is 0 Å². The van der Waals surface area contributed by atoms with Crippen LogP contribution in [0.5, 0.6) is 0 Å². The Bertz CT molecular complexity index is 645. The van der Waals surface area contributed by atoms with E-state index in [0.717, 1.165) is 17.7 Å². The Morgan fingerprint density at radius 2 is 1.67 bits per heavy atom. The van der Waals surface area contributed by atoms with E-state index in [1.54, 1.807) is 0 Å². The van der Waals surface area contributed by atoms with Gasteiger partial charge >= 0.3 is 0 Å². The minimum absolute atomic E-state index is 0.00623. The molecular weight excluding hydrogens is 296 g/mol. The molecule has 24 heavy (non-hydrogen) atoms. The van der Waals surface area contributed by atoms with Gasteiger partial charge in [-0.25, -0.2) is 0 Å². The lowest BCUT2D eigenvalue weighted by Crippen LogP contribution is -2.29. The van der Waals surface area contributed by atoms with Crippen LogP contribution >= 0.6 is 0 Å². The number of piperidine rings is 1. The van der Waals surface area contributed by atoms with Crippen LogP contribution in [-0.4, -0.2) is 23.9 Å². The molecule has 1 aliphatic heterocycles. The SMILES string of the molecule is C[C@H](NC(=O)c1ccc(CN2CCCCC2)cc1)c1ccccc1. The zero-order valence-corrected chi connectivity index (χ0v) is 14.4. The van der Waals surface area contributed by atoms with Gasteiger partial charge in [-0.15, -0.1) is 0 Å². The number of benzene rings is 2. The first kappa shape index (κ1) is 16.7. The van der Waals surface area contributed by atoms with Crippen molar-refractivity contribution in [2.75, 3.05) is 13.1 Å². The smallest absolute Gasteiger partial charge is 0.251 e. The molecule has 3 nitrogen and oxygen atoms in total. The van der Waals surface area contributed by atoms with Crippen molar-refractivity contribution in [3.8, 4) is 0 Å². The van der Waals surface area contributed by atoms with Crippen LogP contribution in [-0.2, 0) is 6.54 Å². The third-order valence-corrected chi connectivity index (χ3v) is 4.72. The lowest BCUT2D eigenvalue weighted by Gasteiger charge is -2.26. The number of rotatable bonds is 5. The summed E-state index contributed by atoms with van der Waals surface area (Å²) in [6.07, 6.45) is 3.96. The fraction of sp³-hybridized carbons (Fsp3) is 0.381. The maximum atomic E-state index is 12.4. The molecule has 0 aliphatic carbocycles. The Balaban J connectivity index is 1.57. The molecule has 2 aromatic carbocycles. The second-order valence-electron chi connectivity index (χ2n) is 6.64. The van der Waals surface area contributed by atoms with E-state index in [-0.39, 0.29) is 11.9 Å². The molecular formula is C21H26N2O. The van der Waals surface area contributed by atoms with Gasteiger partial charge in [0, 0.05) is 12.1 Å². The first-order valence-corrected chi connectivity index (χ1v) is 8.89. The number of carbonyl (C=O) groups is 1. The van der Waals surface area contributed by atoms with Crippen LogP contribution in [0.1, 0.15) is 53.7 Å². The fourth-order valence-corrected chi connectivity index (χ4v) is 3.24. The number of nitrogens with one attached hydrogen (secondary N) is 1. The van der Waals surface area contributed by atoms with Gasteiger partial charge in [-0.1, -0.05) is 48.9 Å². The summed E-state index contributed by atoms with van der Waals surface area (Å²) in [5.74, 6) is -0.0177. The van der Waals surface area contributed by atoms with Gasteiger partial charge in [0.2, 0.25) is 0 Å². The van der Waals surface area contributed by atoms with E-state index >= 15 is 0 Å². The van der Waals surface area contributed by atoms with Crippen LogP contribution in [0.25, 0.3) is 0 Å². The van der Waals surface area contributed by atoms with Crippen LogP contribution in [0.15, 0.2) is 54.6 Å². The van der Waals surface area contributed by atoms with Crippen LogP contribution in [0.3, 0.4) is 0 Å². The van der Waals surface area contributed by atoms with Crippen molar-refractivity contribution in [3.05, 3.63) is 71.3 Å². The second-order valence-corrected chi connectivity index (χ2v) is 6.64. The minimum atomic E-state index is -0.0177. The first-order valence-electron chi connectivity index (χ1n) is 8.89. The molecule has 1 amide bonds. The molecule has 3 rings (SSSR count). The molecule has 0 spiro atoms. The van der Waals surface area contributed by atoms with E-state index in [9.17, 15) is 4.79 Å². The molecule has 0 unspecified atom stereocenters. The largest absolute Gasteiger partial charge is 0.346 e. The summed E-state index contributed by atoms with van der Waals surface area (Å²) in [7, 11) is 0. The monoisotopic (exact) mass is 322 g/mol. The molecule has 1 saturated heterocycles. The summed E-state index contributed by atoms with van der Waals surface area (Å²) < 4.78 is 0. The van der Waals surface area contributed by atoms with E-state index < -0.39 is 0 Å². The predicted octanol–water partition coefficient (Wildman–Crippen LogP) is 4.16. The highest BCUT2D eigenvalue weighted by atomic mass is 16.1. The molecule has 1 atom stereocenters. The van der Waals surface area contributed by atoms with E-state index in [1.165, 1.54) is 37.9 Å². The van der Waals surface area contributed by atoms with Gasteiger partial charge in [0.15, 0.2) is 0 Å². The van der Waals surface area contributed by atoms with Crippen molar-refractivity contribution in [2.24, 2.45) is 0 Å². The van der Waals surface area contributed by atoms with Crippen LogP contribution in [0, 0.1) is 0 Å². The topological polar surface area (TPSA) is 32.3 Å². The molecule has 0 aromatic heterocycles. The average Bonchev–Trinajstić information content (AvgIpc) is 2.64. The molecule has 1 fully saturated rings. The fourth-order valence-electron chi connectivity index (χ4n) is 3.24. The van der Waals surface area contributed by atoms with Crippen LogP contribution < -0.4 is 5.32 Å². The highest BCUT2D eigenvalue weighted by molar-refractivity contribution is 5.94. The maximum Gasteiger partial charge on any atom is 0.251 e. The molecule has 126 valence electrons. The van der Waals surface area contributed by atoms with E-state index in [2.05, 4.69) is 22.3 Å². The Labute approximate surface area is 144 Å². The van der Waals surface area contributed by atoms with Gasteiger partial charge in [-0.2, -0.15) is 0 Å². The quantitative estimate of drug-likeness (QED) is 0.896. The standard InChI is InChI=1S/C21H26N2O/c1-17(19-8-4-2-5-9-19)22-21(24)20-12-10-18(11-13-20)16-23-14-6-3-7-15-23/h2,4-5,8-13,17H,3,6-7,14-16H2,1H3,(H,22,24)/t17-/m0/s1. The number of nitrogens with zero attached hydrogens (tertiary/aromatic N) is 1. The molecule has 1 heterocycles. The predicted molar refractivity (Wildman–Crippen MR) is 97.9 cm³/mol. The summed E-state index contributed by atoms with van der Waals surface area (Å²) in [5, 5.41) is 3.06. The highest BCUT2D eigenvalue weighted by Gasteiger charge is 2.13. The summed E-state index contributed by atoms with van der Waals surface area (Å²) in [6, 6.07) is 18.1. The number of hydrogen-bond donors (Lipinski definition) is 1. The molecule has 1 N–H and O–H groups in total. The molecule has 0 radical (unpaired) electrons. The number of hydrogen-bond acceptors (Lipinski definition) is 2. The maximum absolute atomic E-state index is 12.4. The van der Waals surface area contributed by atoms with Gasteiger partial charge in [0.1, 0.15) is 0 Å². The zero-order valence-electron chi connectivity index (χ0n) is 14.4. The van der Waals surface area contributed by atoms with Crippen molar-refractivity contribution in [2.45, 2.75) is 38.8 Å². The Morgan fingerprint density at radius 3 is 2.33 bits per heavy atom. The third-order valence-electron chi connectivity index (χ3n) is 4.72. The van der Waals surface area contributed by atoms with Crippen molar-refractivity contribution in [1.82, 2.24) is 10.2 Å². The number of amides is 1. The average molecular weight is 322 g/mol. The minimum Gasteiger partial charge on any atom is -0.346 e. The van der Waals surface area contributed by atoms with Gasteiger partial charge in [-0.3, -0.25) is 9.69 Å². The summed E-state index contributed by atoms with van der Waals surface area (Å²) in [4.78, 5) is 14.9. The van der Waals surface area contributed by atoms with Gasteiger partial charge in [0.05, 0.1) is 6.04 Å². The first-order chi connectivity index (χ1) is 11.7. The summed E-state index contributed by atoms with van der Waals surface area (Å²) in [6.45, 7) is 5.38. The molecule has 0 bridgehead atoms. The molecule has 2 aromatic rings. The van der Waals surface area contributed by atoms with Crippen molar-refractivity contribution in [1.29, 1.82) is 0 Å². The Morgan fingerprint density at radius 1 is 1.00 bits per heavy atom. The molecule has 1 aliphatic rings. The number of likely N-dealkylation sites (tertiary alicyclic amines) is 1. The van der Waals surface area contributed by atoms with Gasteiger partial charge < -0.3 is 5.32 Å². The van der Waals surface area contributed by atoms with E-state index in [1.807, 2.05) is 49.4 Å². The number of carbonyl (C=O) groups excluding carboxylic acids is 1. The van der Waals surface area contributed by atoms with Crippen LogP contribution in [0.4, 0.5) is 0 Å². The third kappa shape index (κ3) is 4.45. The van der Waals surface area contributed by atoms with Gasteiger partial charge in [0.25, 0.3) is 5.91 Å². The van der Waals surface area contributed by atoms with Crippen molar-refractivity contribution in [3.63, 3.8) is 0 Å². The highest BCUT2D eigenvalue weighted by Crippen LogP contribution is 2.15. The van der Waals surface area contributed by atoms with E-state index in [4.69, 9.17) is 0 Å². The Kier molecular flexibility index (Phi) is 5.65. The van der Waals surface area contributed by atoms with Crippen molar-refractivity contribution >= 4 is 5.91 Å². The van der Waals surface area contributed by atoms with Crippen LogP contribution in [0.2, 0.25) is 0 Å². The van der Waals surface area contributed by atoms with Crippen molar-refractivity contribution < 1.29 is 4.79 Å². The second kappa shape index (κ2) is 8.11. The molecule has 0 saturated carbocycles. The summed E-state index contributed by atoms with van der Waals surface area (Å²) >= 11 is 0. The normalized spacial score (nSPS) is 16.5.